The Morgan fingerprint density at radius 1 is 0.909 bits per heavy atom. The van der Waals surface area contributed by atoms with E-state index in [1.54, 1.807) is 0 Å². The molecule has 0 spiro atoms. The van der Waals surface area contributed by atoms with Crippen LogP contribution >= 0.6 is 0 Å². The topological polar surface area (TPSA) is 80.1 Å². The van der Waals surface area contributed by atoms with Gasteiger partial charge in [-0.15, -0.1) is 0 Å². The summed E-state index contributed by atoms with van der Waals surface area (Å²) < 4.78 is 7.47. The van der Waals surface area contributed by atoms with Crippen LogP contribution in [0.5, 0.6) is 0 Å². The Kier molecular flexibility index (Phi) is 6.19. The average Bonchev–Trinajstić information content (AvgIpc) is 3.18. The lowest BCUT2D eigenvalue weighted by molar-refractivity contribution is 0.0361. The minimum absolute atomic E-state index is 0.555. The molecule has 4 aromatic rings. The molecule has 1 fully saturated rings. The number of para-hydroxylation sites is 2. The number of fused-ring (bicyclic) bond motifs is 1. The number of rotatable bonds is 7. The Morgan fingerprint density at radius 3 is 2.42 bits per heavy atom. The van der Waals surface area contributed by atoms with Crippen LogP contribution in [0.25, 0.3) is 11.0 Å². The van der Waals surface area contributed by atoms with Crippen molar-refractivity contribution < 1.29 is 4.74 Å². The predicted octanol–water partition coefficient (Wildman–Crippen LogP) is 4.26. The molecule has 0 atom stereocenters. The highest BCUT2D eigenvalue weighted by atomic mass is 16.5. The highest BCUT2D eigenvalue weighted by Gasteiger charge is 2.17. The van der Waals surface area contributed by atoms with Gasteiger partial charge in [-0.1, -0.05) is 36.4 Å². The summed E-state index contributed by atoms with van der Waals surface area (Å²) >= 11 is 0. The summed E-state index contributed by atoms with van der Waals surface area (Å²) in [7, 11) is 0. The van der Waals surface area contributed by atoms with Crippen LogP contribution in [0, 0.1) is 13.8 Å². The molecule has 170 valence electrons. The summed E-state index contributed by atoms with van der Waals surface area (Å²) in [6, 6.07) is 16.2. The third-order valence-corrected chi connectivity index (χ3v) is 5.98. The van der Waals surface area contributed by atoms with Gasteiger partial charge in [0.1, 0.15) is 0 Å². The largest absolute Gasteiger partial charge is 0.379 e. The van der Waals surface area contributed by atoms with Gasteiger partial charge in [-0.05, 0) is 37.1 Å². The highest BCUT2D eigenvalue weighted by molar-refractivity contribution is 5.90. The van der Waals surface area contributed by atoms with Gasteiger partial charge >= 0.3 is 0 Å². The zero-order valence-electron chi connectivity index (χ0n) is 19.1. The molecule has 2 aromatic heterocycles. The fourth-order valence-electron chi connectivity index (χ4n) is 4.11. The molecule has 33 heavy (non-hydrogen) atoms. The second-order valence-electron chi connectivity index (χ2n) is 8.34. The highest BCUT2D eigenvalue weighted by Crippen LogP contribution is 2.29. The predicted molar refractivity (Wildman–Crippen MR) is 132 cm³/mol. The summed E-state index contributed by atoms with van der Waals surface area (Å²) in [6.07, 6.45) is 1.85. The minimum Gasteiger partial charge on any atom is -0.379 e. The van der Waals surface area contributed by atoms with E-state index in [9.17, 15) is 0 Å². The van der Waals surface area contributed by atoms with Crippen molar-refractivity contribution in [3.8, 4) is 0 Å². The Bertz CT molecular complexity index is 1210. The smallest absolute Gasteiger partial charge is 0.229 e. The first-order valence-electron chi connectivity index (χ1n) is 11.4. The molecular formula is C25H29N7O. The number of aromatic nitrogens is 4. The third-order valence-electron chi connectivity index (χ3n) is 5.98. The van der Waals surface area contributed by atoms with E-state index in [-0.39, 0.29) is 0 Å². The third kappa shape index (κ3) is 4.81. The number of ether oxygens (including phenoxy) is 1. The standard InChI is InChI=1S/C25H29N7O/c1-18-7-6-8-19(2)22(18)28-23-21-17-26-25(27-20-9-4-3-5-10-20)29-24(21)32(30-23)12-11-31-13-15-33-16-14-31/h3-10,17H,11-16H2,1-2H3,(H,28,30)(H,26,27,29). The fourth-order valence-corrected chi connectivity index (χ4v) is 4.11. The van der Waals surface area contributed by atoms with Crippen LogP contribution in [-0.2, 0) is 11.3 Å². The molecule has 8 heteroatoms. The van der Waals surface area contributed by atoms with Crippen molar-refractivity contribution in [2.24, 2.45) is 0 Å². The molecule has 0 unspecified atom stereocenters. The van der Waals surface area contributed by atoms with Crippen molar-refractivity contribution in [2.75, 3.05) is 43.5 Å². The zero-order chi connectivity index (χ0) is 22.6. The molecule has 0 radical (unpaired) electrons. The number of benzene rings is 2. The number of hydrogen-bond acceptors (Lipinski definition) is 7. The van der Waals surface area contributed by atoms with E-state index >= 15 is 0 Å². The molecule has 2 aromatic carbocycles. The molecule has 0 amide bonds. The van der Waals surface area contributed by atoms with Crippen LogP contribution in [0.4, 0.5) is 23.1 Å². The molecule has 0 bridgehead atoms. The summed E-state index contributed by atoms with van der Waals surface area (Å²) in [5, 5.41) is 12.7. The number of nitrogens with one attached hydrogen (secondary N) is 2. The van der Waals surface area contributed by atoms with Crippen LogP contribution in [0.1, 0.15) is 11.1 Å². The quantitative estimate of drug-likeness (QED) is 0.442. The summed E-state index contributed by atoms with van der Waals surface area (Å²) in [4.78, 5) is 11.8. The lowest BCUT2D eigenvalue weighted by atomic mass is 10.1. The Morgan fingerprint density at radius 2 is 1.67 bits per heavy atom. The minimum atomic E-state index is 0.555. The SMILES string of the molecule is Cc1cccc(C)c1Nc1nn(CCN2CCOCC2)c2nc(Nc3ccccc3)ncc12. The molecule has 1 aliphatic rings. The first kappa shape index (κ1) is 21.4. The normalized spacial score (nSPS) is 14.5. The zero-order valence-corrected chi connectivity index (χ0v) is 19.1. The molecular weight excluding hydrogens is 414 g/mol. The van der Waals surface area contributed by atoms with Gasteiger partial charge in [-0.3, -0.25) is 4.90 Å². The molecule has 2 N–H and O–H groups in total. The van der Waals surface area contributed by atoms with E-state index in [1.165, 1.54) is 11.1 Å². The number of aryl methyl sites for hydroxylation is 2. The number of morpholine rings is 1. The van der Waals surface area contributed by atoms with E-state index < -0.39 is 0 Å². The van der Waals surface area contributed by atoms with Gasteiger partial charge in [0.05, 0.1) is 25.1 Å². The first-order chi connectivity index (χ1) is 16.2. The lowest BCUT2D eigenvalue weighted by Gasteiger charge is -2.26. The van der Waals surface area contributed by atoms with Crippen LogP contribution in [0.3, 0.4) is 0 Å². The average molecular weight is 444 g/mol. The number of hydrogen-bond donors (Lipinski definition) is 2. The van der Waals surface area contributed by atoms with Gasteiger partial charge in [0.15, 0.2) is 11.5 Å². The van der Waals surface area contributed by atoms with Crippen molar-refractivity contribution in [1.82, 2.24) is 24.6 Å². The first-order valence-corrected chi connectivity index (χ1v) is 11.4. The second kappa shape index (κ2) is 9.56. The van der Waals surface area contributed by atoms with Crippen LogP contribution in [0.2, 0.25) is 0 Å². The van der Waals surface area contributed by atoms with E-state index in [1.807, 2.05) is 41.2 Å². The van der Waals surface area contributed by atoms with E-state index in [2.05, 4.69) is 52.6 Å². The van der Waals surface area contributed by atoms with Crippen molar-refractivity contribution >= 4 is 34.2 Å². The van der Waals surface area contributed by atoms with Crippen LogP contribution < -0.4 is 10.6 Å². The number of anilines is 4. The van der Waals surface area contributed by atoms with Gasteiger partial charge in [0.25, 0.3) is 0 Å². The van der Waals surface area contributed by atoms with Crippen molar-refractivity contribution in [3.05, 3.63) is 65.9 Å². The Labute approximate surface area is 193 Å². The van der Waals surface area contributed by atoms with Crippen molar-refractivity contribution in [1.29, 1.82) is 0 Å². The molecule has 8 nitrogen and oxygen atoms in total. The monoisotopic (exact) mass is 443 g/mol. The second-order valence-corrected chi connectivity index (χ2v) is 8.34. The van der Waals surface area contributed by atoms with E-state index in [4.69, 9.17) is 14.8 Å². The molecule has 1 aliphatic heterocycles. The summed E-state index contributed by atoms with van der Waals surface area (Å²) in [5.74, 6) is 1.33. The van der Waals surface area contributed by atoms with Gasteiger partial charge in [-0.25, -0.2) is 9.67 Å². The van der Waals surface area contributed by atoms with Gasteiger partial charge in [0.2, 0.25) is 5.95 Å². The maximum Gasteiger partial charge on any atom is 0.229 e. The fraction of sp³-hybridized carbons (Fsp3) is 0.320. The molecule has 5 rings (SSSR count). The lowest BCUT2D eigenvalue weighted by Crippen LogP contribution is -2.38. The van der Waals surface area contributed by atoms with Crippen LogP contribution in [0.15, 0.2) is 54.7 Å². The van der Waals surface area contributed by atoms with Crippen molar-refractivity contribution in [2.45, 2.75) is 20.4 Å². The maximum absolute atomic E-state index is 5.48. The van der Waals surface area contributed by atoms with Gasteiger partial charge in [0, 0.05) is 37.2 Å². The van der Waals surface area contributed by atoms with Crippen molar-refractivity contribution in [3.63, 3.8) is 0 Å². The molecule has 1 saturated heterocycles. The maximum atomic E-state index is 5.48. The number of nitrogens with zero attached hydrogens (tertiary/aromatic N) is 5. The van der Waals surface area contributed by atoms with Crippen LogP contribution in [-0.4, -0.2) is 57.5 Å². The Balaban J connectivity index is 1.48. The van der Waals surface area contributed by atoms with Gasteiger partial charge < -0.3 is 15.4 Å². The van der Waals surface area contributed by atoms with Gasteiger partial charge in [-0.2, -0.15) is 10.1 Å². The summed E-state index contributed by atoms with van der Waals surface area (Å²) in [5.41, 5.74) is 5.18. The van der Waals surface area contributed by atoms with E-state index in [0.29, 0.717) is 5.95 Å². The summed E-state index contributed by atoms with van der Waals surface area (Å²) in [6.45, 7) is 9.31. The van der Waals surface area contributed by atoms with E-state index in [0.717, 1.165) is 67.6 Å². The molecule has 0 saturated carbocycles. The molecule has 0 aliphatic carbocycles. The molecule has 3 heterocycles. The Hall–Kier alpha value is -3.49.